The Morgan fingerprint density at radius 2 is 2.10 bits per heavy atom. The summed E-state index contributed by atoms with van der Waals surface area (Å²) in [6.45, 7) is 0.0533. The number of hydrogen-bond acceptors (Lipinski definition) is 6. The van der Waals surface area contributed by atoms with Crippen molar-refractivity contribution in [2.75, 3.05) is 14.2 Å². The van der Waals surface area contributed by atoms with Crippen LogP contribution in [0.5, 0.6) is 11.5 Å². The Morgan fingerprint density at radius 3 is 2.76 bits per heavy atom. The maximum absolute atomic E-state index is 13.1. The van der Waals surface area contributed by atoms with Crippen molar-refractivity contribution < 1.29 is 14.3 Å². The monoisotopic (exact) mass is 430 g/mol. The van der Waals surface area contributed by atoms with Crippen LogP contribution < -0.4 is 9.47 Å². The number of hydrazone groups is 1. The first kappa shape index (κ1) is 19.5. The Hall–Kier alpha value is -2.84. The summed E-state index contributed by atoms with van der Waals surface area (Å²) in [5, 5.41) is 12.8. The first-order valence-corrected chi connectivity index (χ1v) is 10.2. The van der Waals surface area contributed by atoms with Crippen LogP contribution >= 0.6 is 22.9 Å². The molecular formula is C20H19ClN4O3S. The lowest BCUT2D eigenvalue weighted by molar-refractivity contribution is -0.133. The number of carbonyl (C=O) groups excluding carboxylic acids is 1. The molecule has 150 valence electrons. The Balaban J connectivity index is 1.66. The molecule has 3 aromatic rings. The third kappa shape index (κ3) is 3.99. The van der Waals surface area contributed by atoms with Gasteiger partial charge < -0.3 is 9.47 Å². The molecule has 0 radical (unpaired) electrons. The van der Waals surface area contributed by atoms with Gasteiger partial charge in [-0.3, -0.25) is 9.48 Å². The second-order valence-electron chi connectivity index (χ2n) is 6.45. The van der Waals surface area contributed by atoms with E-state index in [1.54, 1.807) is 31.8 Å². The summed E-state index contributed by atoms with van der Waals surface area (Å²) in [6, 6.07) is 9.41. The molecule has 0 saturated heterocycles. The minimum atomic E-state index is -0.245. The molecule has 1 aliphatic rings. The van der Waals surface area contributed by atoms with Crippen LogP contribution in [0.15, 0.2) is 53.2 Å². The number of hydrogen-bond donors (Lipinski definition) is 0. The molecule has 7 nitrogen and oxygen atoms in total. The zero-order chi connectivity index (χ0) is 20.4. The van der Waals surface area contributed by atoms with Crippen LogP contribution in [0.2, 0.25) is 5.02 Å². The Labute approximate surface area is 177 Å². The van der Waals surface area contributed by atoms with Gasteiger partial charge in [0.1, 0.15) is 6.54 Å². The fourth-order valence-corrected chi connectivity index (χ4v) is 4.16. The summed E-state index contributed by atoms with van der Waals surface area (Å²) < 4.78 is 12.3. The van der Waals surface area contributed by atoms with E-state index in [1.165, 1.54) is 15.9 Å². The highest BCUT2D eigenvalue weighted by Gasteiger charge is 2.34. The van der Waals surface area contributed by atoms with Crippen LogP contribution in [0.3, 0.4) is 0 Å². The molecule has 0 saturated carbocycles. The average Bonchev–Trinajstić information content (AvgIpc) is 3.47. The third-order valence-corrected chi connectivity index (χ3v) is 5.78. The van der Waals surface area contributed by atoms with E-state index in [2.05, 4.69) is 10.2 Å². The molecular weight excluding hydrogens is 412 g/mol. The van der Waals surface area contributed by atoms with Crippen LogP contribution in [-0.2, 0) is 11.3 Å². The van der Waals surface area contributed by atoms with Crippen LogP contribution in [0.25, 0.3) is 0 Å². The van der Waals surface area contributed by atoms with E-state index in [0.29, 0.717) is 22.9 Å². The lowest BCUT2D eigenvalue weighted by Crippen LogP contribution is -2.30. The van der Waals surface area contributed by atoms with Crippen LogP contribution in [0, 0.1) is 0 Å². The van der Waals surface area contributed by atoms with Crippen molar-refractivity contribution in [1.82, 2.24) is 14.8 Å². The normalized spacial score (nSPS) is 16.0. The highest BCUT2D eigenvalue weighted by atomic mass is 35.5. The van der Waals surface area contributed by atoms with Crippen LogP contribution in [0.1, 0.15) is 22.9 Å². The van der Waals surface area contributed by atoms with Crippen molar-refractivity contribution in [3.63, 3.8) is 0 Å². The number of ether oxygens (including phenoxy) is 2. The van der Waals surface area contributed by atoms with Gasteiger partial charge in [0.05, 0.1) is 42.1 Å². The molecule has 0 aliphatic carbocycles. The van der Waals surface area contributed by atoms with Crippen molar-refractivity contribution >= 4 is 34.6 Å². The molecule has 3 heterocycles. The summed E-state index contributed by atoms with van der Waals surface area (Å²) in [5.41, 5.74) is 1.80. The average molecular weight is 431 g/mol. The van der Waals surface area contributed by atoms with Gasteiger partial charge in [0.25, 0.3) is 5.91 Å². The maximum atomic E-state index is 13.1. The van der Waals surface area contributed by atoms with Crippen LogP contribution in [-0.4, -0.2) is 40.6 Å². The molecule has 0 bridgehead atoms. The lowest BCUT2D eigenvalue weighted by atomic mass is 10.0. The second kappa shape index (κ2) is 8.26. The number of methoxy groups -OCH3 is 2. The summed E-state index contributed by atoms with van der Waals surface area (Å²) in [5.74, 6) is 1.08. The number of halogens is 1. The molecule has 2 aromatic heterocycles. The minimum Gasteiger partial charge on any atom is -0.493 e. The van der Waals surface area contributed by atoms with Crippen molar-refractivity contribution in [2.24, 2.45) is 5.10 Å². The molecule has 0 spiro atoms. The molecule has 0 N–H and O–H groups in total. The first-order chi connectivity index (χ1) is 14.1. The van der Waals surface area contributed by atoms with Gasteiger partial charge in [-0.15, -0.1) is 11.3 Å². The van der Waals surface area contributed by atoms with Crippen molar-refractivity contribution in [1.29, 1.82) is 0 Å². The van der Waals surface area contributed by atoms with Gasteiger partial charge in [-0.2, -0.15) is 10.2 Å². The summed E-state index contributed by atoms with van der Waals surface area (Å²) in [6.07, 6.45) is 3.73. The molecule has 1 unspecified atom stereocenters. The first-order valence-electron chi connectivity index (χ1n) is 8.92. The van der Waals surface area contributed by atoms with E-state index in [1.807, 2.05) is 35.7 Å². The largest absolute Gasteiger partial charge is 0.493 e. The Bertz CT molecular complexity index is 1050. The van der Waals surface area contributed by atoms with E-state index >= 15 is 0 Å². The third-order valence-electron chi connectivity index (χ3n) is 4.66. The molecule has 0 fully saturated rings. The van der Waals surface area contributed by atoms with Crippen molar-refractivity contribution in [3.8, 4) is 11.5 Å². The highest BCUT2D eigenvalue weighted by molar-refractivity contribution is 7.12. The molecule has 9 heteroatoms. The molecule has 29 heavy (non-hydrogen) atoms. The Kier molecular flexibility index (Phi) is 5.55. The standard InChI is InChI=1S/C20H19ClN4O3S/c1-27-17-6-5-13(8-18(17)28-2)16-9-15(19-4-3-7-29-19)23-25(16)20(26)12-24-11-14(21)10-22-24/h3-8,10-11,16H,9,12H2,1-2H3. The van der Waals surface area contributed by atoms with E-state index in [4.69, 9.17) is 21.1 Å². The number of amides is 1. The van der Waals surface area contributed by atoms with Gasteiger partial charge in [0.2, 0.25) is 0 Å². The van der Waals surface area contributed by atoms with Gasteiger partial charge in [0.15, 0.2) is 11.5 Å². The van der Waals surface area contributed by atoms with Crippen molar-refractivity contribution in [3.05, 3.63) is 63.6 Å². The quantitative estimate of drug-likeness (QED) is 0.592. The van der Waals surface area contributed by atoms with Gasteiger partial charge in [0, 0.05) is 12.6 Å². The van der Waals surface area contributed by atoms with E-state index < -0.39 is 0 Å². The Morgan fingerprint density at radius 1 is 1.28 bits per heavy atom. The van der Waals surface area contributed by atoms with Gasteiger partial charge >= 0.3 is 0 Å². The lowest BCUT2D eigenvalue weighted by Gasteiger charge is -2.23. The SMILES string of the molecule is COc1ccc(C2CC(c3cccs3)=NN2C(=O)Cn2cc(Cl)cn2)cc1OC. The van der Waals surface area contributed by atoms with E-state index in [9.17, 15) is 4.79 Å². The topological polar surface area (TPSA) is 69.0 Å². The minimum absolute atomic E-state index is 0.0533. The van der Waals surface area contributed by atoms with Gasteiger partial charge in [-0.1, -0.05) is 23.7 Å². The smallest absolute Gasteiger partial charge is 0.264 e. The summed E-state index contributed by atoms with van der Waals surface area (Å²) in [7, 11) is 3.18. The summed E-state index contributed by atoms with van der Waals surface area (Å²) >= 11 is 7.52. The summed E-state index contributed by atoms with van der Waals surface area (Å²) in [4.78, 5) is 14.1. The van der Waals surface area contributed by atoms with Gasteiger partial charge in [-0.25, -0.2) is 5.01 Å². The fourth-order valence-electron chi connectivity index (χ4n) is 3.29. The number of aromatic nitrogens is 2. The zero-order valence-electron chi connectivity index (χ0n) is 15.9. The van der Waals surface area contributed by atoms with E-state index in [-0.39, 0.29) is 18.5 Å². The number of benzene rings is 1. The van der Waals surface area contributed by atoms with Crippen molar-refractivity contribution in [2.45, 2.75) is 19.0 Å². The zero-order valence-corrected chi connectivity index (χ0v) is 17.5. The highest BCUT2D eigenvalue weighted by Crippen LogP contribution is 2.38. The fraction of sp³-hybridized carbons (Fsp3) is 0.250. The van der Waals surface area contributed by atoms with Gasteiger partial charge in [-0.05, 0) is 29.1 Å². The molecule has 1 atom stereocenters. The number of nitrogens with zero attached hydrogens (tertiary/aromatic N) is 4. The number of thiophene rings is 1. The number of carbonyl (C=O) groups is 1. The molecule has 1 aromatic carbocycles. The van der Waals surface area contributed by atoms with E-state index in [0.717, 1.165) is 16.2 Å². The van der Waals surface area contributed by atoms with Crippen LogP contribution in [0.4, 0.5) is 0 Å². The second-order valence-corrected chi connectivity index (χ2v) is 7.84. The predicted octanol–water partition coefficient (Wildman–Crippen LogP) is 3.99. The molecule has 1 amide bonds. The predicted molar refractivity (Wildman–Crippen MR) is 112 cm³/mol. The molecule has 4 rings (SSSR count). The maximum Gasteiger partial charge on any atom is 0.264 e. The molecule has 1 aliphatic heterocycles. The number of rotatable bonds is 6.